The van der Waals surface area contributed by atoms with Crippen LogP contribution in [-0.2, 0) is 22.6 Å². The summed E-state index contributed by atoms with van der Waals surface area (Å²) in [6, 6.07) is 3.59. The summed E-state index contributed by atoms with van der Waals surface area (Å²) >= 11 is 6.28. The van der Waals surface area contributed by atoms with E-state index in [1.54, 1.807) is 4.57 Å². The first-order chi connectivity index (χ1) is 19.6. The number of fused-ring (bicyclic) bond motifs is 1. The fourth-order valence-corrected chi connectivity index (χ4v) is 8.12. The Kier molecular flexibility index (Phi) is 8.34. The zero-order valence-corrected chi connectivity index (χ0v) is 26.9. The molecular weight excluding hydrogens is 604 g/mol. The molecule has 1 aliphatic heterocycles. The Hall–Kier alpha value is -2.38. The molecule has 0 unspecified atom stereocenters. The maximum Gasteiger partial charge on any atom is 0.475 e. The van der Waals surface area contributed by atoms with Gasteiger partial charge in [0.25, 0.3) is 5.56 Å². The number of nitrogen functional groups attached to an aromatic ring is 1. The number of nitrogens with zero attached hydrogens (tertiary/aromatic N) is 3. The maximum atomic E-state index is 13.9. The van der Waals surface area contributed by atoms with E-state index in [-0.39, 0.29) is 41.9 Å². The van der Waals surface area contributed by atoms with E-state index in [9.17, 15) is 13.8 Å². The number of halogens is 2. The second kappa shape index (κ2) is 11.3. The molecule has 5 rings (SSSR count). The number of benzene rings is 1. The first-order valence-electron chi connectivity index (χ1n) is 13.7. The fourth-order valence-electron chi connectivity index (χ4n) is 5.11. The Morgan fingerprint density at radius 1 is 1.36 bits per heavy atom. The molecule has 0 amide bonds. The van der Waals surface area contributed by atoms with Gasteiger partial charge < -0.3 is 14.7 Å². The molecule has 11 nitrogen and oxygen atoms in total. The number of nitrogens with two attached hydrogens (primary N) is 1. The molecule has 0 bridgehead atoms. The molecule has 0 radical (unpaired) electrons. The van der Waals surface area contributed by atoms with Gasteiger partial charge >= 0.3 is 7.82 Å². The Balaban J connectivity index is 1.42. The van der Waals surface area contributed by atoms with Crippen LogP contribution in [-0.4, -0.2) is 47.2 Å². The van der Waals surface area contributed by atoms with E-state index >= 15 is 0 Å². The lowest BCUT2D eigenvalue weighted by Crippen LogP contribution is -2.45. The van der Waals surface area contributed by atoms with Gasteiger partial charge in [0.05, 0.1) is 37.8 Å². The lowest BCUT2D eigenvalue weighted by molar-refractivity contribution is 0.0175. The number of hydrogen-bond acceptors (Lipinski definition) is 9. The molecule has 42 heavy (non-hydrogen) atoms. The van der Waals surface area contributed by atoms with Gasteiger partial charge in [0, 0.05) is 22.9 Å². The minimum Gasteiger partial charge on any atom is -0.413 e. The molecule has 2 aromatic heterocycles. The van der Waals surface area contributed by atoms with E-state index in [0.717, 1.165) is 5.57 Å². The van der Waals surface area contributed by atoms with Crippen molar-refractivity contribution < 1.29 is 27.0 Å². The van der Waals surface area contributed by atoms with Crippen molar-refractivity contribution in [1.82, 2.24) is 19.5 Å². The molecule has 1 saturated heterocycles. The van der Waals surface area contributed by atoms with Gasteiger partial charge in [-0.05, 0) is 48.3 Å². The van der Waals surface area contributed by atoms with Crippen molar-refractivity contribution in [3.05, 3.63) is 63.4 Å². The van der Waals surface area contributed by atoms with Crippen LogP contribution in [0.15, 0.2) is 41.5 Å². The van der Waals surface area contributed by atoms with E-state index in [2.05, 4.69) is 55.4 Å². The second-order valence-electron chi connectivity index (χ2n) is 12.2. The van der Waals surface area contributed by atoms with Crippen molar-refractivity contribution in [1.29, 1.82) is 0 Å². The van der Waals surface area contributed by atoms with Crippen LogP contribution in [0.1, 0.15) is 51.3 Å². The molecule has 2 fully saturated rings. The third kappa shape index (κ3) is 6.01. The Morgan fingerprint density at radius 2 is 2.10 bits per heavy atom. The number of phosphoric ester groups is 1. The van der Waals surface area contributed by atoms with Gasteiger partial charge in [0.15, 0.2) is 19.5 Å². The van der Waals surface area contributed by atoms with E-state index in [1.807, 2.05) is 0 Å². The standard InChI is InChI=1S/C27H36ClFN5O6PSi/c1-15-18(13-38-41(36)37-10-9-21(39-41)17-11-16(29)7-8-19(17)28)22(40-42(5,6)27(2,3)4)12-20(15)34-14-31-23-24(34)32-26(30)33-25(23)35/h7-8,11,14,18,20-22H,1,9-10,12-13H2,2-6H3,(H3,30,32,33,35)/t18-,20-,21+,22-,41-/m0/s1. The molecule has 15 heteroatoms. The van der Waals surface area contributed by atoms with Gasteiger partial charge in [0.1, 0.15) is 5.82 Å². The molecule has 1 aliphatic carbocycles. The van der Waals surface area contributed by atoms with Crippen molar-refractivity contribution in [3.8, 4) is 0 Å². The molecule has 228 valence electrons. The first kappa shape index (κ1) is 31.1. The lowest BCUT2D eigenvalue weighted by Gasteiger charge is -2.40. The van der Waals surface area contributed by atoms with Crippen molar-refractivity contribution in [2.75, 3.05) is 18.9 Å². The molecule has 1 aromatic carbocycles. The van der Waals surface area contributed by atoms with Gasteiger partial charge in [-0.2, -0.15) is 4.98 Å². The van der Waals surface area contributed by atoms with Gasteiger partial charge in [-0.3, -0.25) is 23.3 Å². The highest BCUT2D eigenvalue weighted by Crippen LogP contribution is 2.58. The van der Waals surface area contributed by atoms with Gasteiger partial charge in [-0.1, -0.05) is 39.0 Å². The van der Waals surface area contributed by atoms with Crippen molar-refractivity contribution in [3.63, 3.8) is 0 Å². The molecule has 1 saturated carbocycles. The van der Waals surface area contributed by atoms with Crippen LogP contribution < -0.4 is 11.3 Å². The van der Waals surface area contributed by atoms with E-state index in [1.165, 1.54) is 24.5 Å². The van der Waals surface area contributed by atoms with E-state index in [4.69, 9.17) is 35.3 Å². The van der Waals surface area contributed by atoms with Gasteiger partial charge in [-0.25, -0.2) is 13.9 Å². The molecule has 3 aromatic rings. The number of imidazole rings is 1. The van der Waals surface area contributed by atoms with Crippen LogP contribution in [0.3, 0.4) is 0 Å². The smallest absolute Gasteiger partial charge is 0.413 e. The van der Waals surface area contributed by atoms with Crippen molar-refractivity contribution >= 4 is 44.9 Å². The Labute approximate surface area is 249 Å². The predicted octanol–water partition coefficient (Wildman–Crippen LogP) is 6.30. The number of aromatic amines is 1. The summed E-state index contributed by atoms with van der Waals surface area (Å²) in [5.41, 5.74) is 6.99. The van der Waals surface area contributed by atoms with Crippen molar-refractivity contribution in [2.24, 2.45) is 5.92 Å². The van der Waals surface area contributed by atoms with E-state index in [0.29, 0.717) is 29.1 Å². The summed E-state index contributed by atoms with van der Waals surface area (Å²) in [7, 11) is -6.33. The molecule has 5 atom stereocenters. The fraction of sp³-hybridized carbons (Fsp3) is 0.519. The number of rotatable bonds is 7. The SMILES string of the molecule is C=C1[C@H](CO[P@]2(=O)OCC[C@H](c3cc(F)ccc3Cl)O2)[C@@H](O[Si](C)(C)C(C)(C)C)C[C@@H]1n1cnc2c(=O)[nH]c(N)nc21. The number of nitrogens with one attached hydrogen (secondary N) is 1. The Morgan fingerprint density at radius 3 is 2.81 bits per heavy atom. The number of H-pyrrole nitrogens is 1. The van der Waals surface area contributed by atoms with Crippen LogP contribution in [0.4, 0.5) is 10.3 Å². The Bertz CT molecular complexity index is 1620. The predicted molar refractivity (Wildman–Crippen MR) is 160 cm³/mol. The monoisotopic (exact) mass is 639 g/mol. The first-order valence-corrected chi connectivity index (χ1v) is 18.4. The number of phosphoric acid groups is 1. The largest absolute Gasteiger partial charge is 0.475 e. The summed E-state index contributed by atoms with van der Waals surface area (Å²) in [5, 5.41) is 0.216. The van der Waals surface area contributed by atoms with Crippen LogP contribution in [0, 0.1) is 11.7 Å². The molecule has 0 spiro atoms. The van der Waals surface area contributed by atoms with Gasteiger partial charge in [0.2, 0.25) is 5.95 Å². The third-order valence-electron chi connectivity index (χ3n) is 8.45. The average molecular weight is 640 g/mol. The lowest BCUT2D eigenvalue weighted by atomic mass is 10.0. The molecule has 3 heterocycles. The highest BCUT2D eigenvalue weighted by molar-refractivity contribution is 7.48. The number of anilines is 1. The number of hydrogen-bond donors (Lipinski definition) is 2. The third-order valence-corrected chi connectivity index (χ3v) is 14.8. The quantitative estimate of drug-likeness (QED) is 0.173. The summed E-state index contributed by atoms with van der Waals surface area (Å²) in [4.78, 5) is 23.5. The van der Waals surface area contributed by atoms with E-state index < -0.39 is 39.5 Å². The minimum absolute atomic E-state index is 0.0236. The normalized spacial score (nSPS) is 27.2. The van der Waals surface area contributed by atoms with Crippen molar-refractivity contribution in [2.45, 2.75) is 70.0 Å². The molecule has 2 aliphatic rings. The van der Waals surface area contributed by atoms with Crippen LogP contribution in [0.25, 0.3) is 11.2 Å². The van der Waals surface area contributed by atoms with Crippen LogP contribution in [0.5, 0.6) is 0 Å². The highest BCUT2D eigenvalue weighted by Gasteiger charge is 2.48. The zero-order valence-electron chi connectivity index (χ0n) is 24.2. The molecule has 3 N–H and O–H groups in total. The summed E-state index contributed by atoms with van der Waals surface area (Å²) in [6.07, 6.45) is 1.24. The van der Waals surface area contributed by atoms with Crippen LogP contribution in [0.2, 0.25) is 23.2 Å². The topological polar surface area (TPSA) is 144 Å². The molecular formula is C27H36ClFN5O6PSi. The zero-order chi connectivity index (χ0) is 30.6. The average Bonchev–Trinajstić information content (AvgIpc) is 3.43. The minimum atomic E-state index is -4.05. The second-order valence-corrected chi connectivity index (χ2v) is 19.0. The summed E-state index contributed by atoms with van der Waals surface area (Å²) in [6.45, 7) is 15.1. The number of aromatic nitrogens is 4. The summed E-state index contributed by atoms with van der Waals surface area (Å²) < 4.78 is 53.4. The maximum absolute atomic E-state index is 13.9. The highest BCUT2D eigenvalue weighted by atomic mass is 35.5. The van der Waals surface area contributed by atoms with Crippen LogP contribution >= 0.6 is 19.4 Å². The summed E-state index contributed by atoms with van der Waals surface area (Å²) in [5.74, 6) is -0.911. The van der Waals surface area contributed by atoms with Gasteiger partial charge in [-0.15, -0.1) is 0 Å².